The highest BCUT2D eigenvalue weighted by Gasteiger charge is 2.16. The zero-order chi connectivity index (χ0) is 6.69. The van der Waals surface area contributed by atoms with Gasteiger partial charge in [-0.3, -0.25) is 0 Å². The first-order valence-electron chi connectivity index (χ1n) is 3.26. The molecule has 0 spiro atoms. The summed E-state index contributed by atoms with van der Waals surface area (Å²) in [7, 11) is 1.79. The molecular formula is C6H12INO. The first kappa shape index (κ1) is 7.75. The Bertz CT molecular complexity index is 89.1. The van der Waals surface area contributed by atoms with Crippen LogP contribution in [-0.2, 0) is 4.74 Å². The number of nitrogens with zero attached hydrogens (tertiary/aromatic N) is 1. The van der Waals surface area contributed by atoms with E-state index < -0.39 is 0 Å². The normalized spacial score (nSPS) is 30.7. The van der Waals surface area contributed by atoms with Crippen LogP contribution in [0.15, 0.2) is 0 Å². The van der Waals surface area contributed by atoms with E-state index >= 15 is 0 Å². The zero-order valence-corrected chi connectivity index (χ0v) is 7.80. The second-order valence-electron chi connectivity index (χ2n) is 2.37. The Morgan fingerprint density at radius 2 is 2.44 bits per heavy atom. The average Bonchev–Trinajstić information content (AvgIpc) is 1.88. The molecule has 1 aliphatic heterocycles. The molecule has 1 aliphatic rings. The smallest absolute Gasteiger partial charge is 0.0706 e. The van der Waals surface area contributed by atoms with Crippen LogP contribution in [0.1, 0.15) is 12.8 Å². The number of rotatable bonds is 1. The predicted molar refractivity (Wildman–Crippen MR) is 45.6 cm³/mol. The topological polar surface area (TPSA) is 12.5 Å². The molecule has 0 N–H and O–H groups in total. The summed E-state index contributed by atoms with van der Waals surface area (Å²) >= 11 is 2.35. The molecule has 0 aliphatic carbocycles. The van der Waals surface area contributed by atoms with E-state index in [4.69, 9.17) is 4.74 Å². The Kier molecular flexibility index (Phi) is 3.21. The van der Waals surface area contributed by atoms with Gasteiger partial charge in [-0.05, 0) is 12.8 Å². The summed E-state index contributed by atoms with van der Waals surface area (Å²) in [6, 6.07) is 0. The molecular weight excluding hydrogens is 229 g/mol. The van der Waals surface area contributed by atoms with Crippen LogP contribution >= 0.6 is 22.9 Å². The third-order valence-electron chi connectivity index (χ3n) is 1.66. The van der Waals surface area contributed by atoms with Crippen molar-refractivity contribution in [3.8, 4) is 0 Å². The van der Waals surface area contributed by atoms with E-state index in [0.29, 0.717) is 6.10 Å². The van der Waals surface area contributed by atoms with Crippen molar-refractivity contribution in [3.05, 3.63) is 0 Å². The van der Waals surface area contributed by atoms with E-state index in [-0.39, 0.29) is 0 Å². The molecule has 1 heterocycles. The number of piperidine rings is 1. The van der Waals surface area contributed by atoms with Crippen molar-refractivity contribution in [1.82, 2.24) is 3.11 Å². The van der Waals surface area contributed by atoms with Crippen molar-refractivity contribution in [3.63, 3.8) is 0 Å². The molecule has 0 aromatic carbocycles. The summed E-state index contributed by atoms with van der Waals surface area (Å²) < 4.78 is 7.50. The van der Waals surface area contributed by atoms with Gasteiger partial charge in [-0.15, -0.1) is 0 Å². The monoisotopic (exact) mass is 241 g/mol. The summed E-state index contributed by atoms with van der Waals surface area (Å²) in [5.74, 6) is 0. The fourth-order valence-electron chi connectivity index (χ4n) is 1.09. The molecule has 54 valence electrons. The summed E-state index contributed by atoms with van der Waals surface area (Å²) in [6.07, 6.45) is 2.99. The number of ether oxygens (including phenoxy) is 1. The third kappa shape index (κ3) is 2.39. The van der Waals surface area contributed by atoms with Crippen LogP contribution < -0.4 is 0 Å². The standard InChI is InChI=1S/C6H12INO/c1-9-6-3-2-4-8(7)5-6/h6H,2-5H2,1H3/t6-/m0/s1. The van der Waals surface area contributed by atoms with Gasteiger partial charge < -0.3 is 4.74 Å². The minimum atomic E-state index is 0.482. The summed E-state index contributed by atoms with van der Waals surface area (Å²) in [5.41, 5.74) is 0. The van der Waals surface area contributed by atoms with E-state index in [0.717, 1.165) is 6.54 Å². The predicted octanol–water partition coefficient (Wildman–Crippen LogP) is 1.45. The number of methoxy groups -OCH3 is 1. The maximum atomic E-state index is 5.22. The SMILES string of the molecule is CO[C@H]1CCCN(I)C1. The molecule has 1 saturated heterocycles. The van der Waals surface area contributed by atoms with Crippen molar-refractivity contribution in [1.29, 1.82) is 0 Å². The number of hydrogen-bond donors (Lipinski definition) is 0. The van der Waals surface area contributed by atoms with E-state index in [1.165, 1.54) is 19.4 Å². The molecule has 0 amide bonds. The van der Waals surface area contributed by atoms with E-state index in [1.807, 2.05) is 0 Å². The van der Waals surface area contributed by atoms with Crippen LogP contribution in [0.5, 0.6) is 0 Å². The lowest BCUT2D eigenvalue weighted by atomic mass is 10.1. The van der Waals surface area contributed by atoms with Crippen LogP contribution in [0.2, 0.25) is 0 Å². The lowest BCUT2D eigenvalue weighted by molar-refractivity contribution is 0.0643. The molecule has 0 aromatic rings. The van der Waals surface area contributed by atoms with Gasteiger partial charge in [-0.1, -0.05) is 0 Å². The largest absolute Gasteiger partial charge is 0.380 e. The maximum absolute atomic E-state index is 5.22. The summed E-state index contributed by atoms with van der Waals surface area (Å²) in [5, 5.41) is 0. The Hall–Kier alpha value is 0.650. The van der Waals surface area contributed by atoms with E-state index in [2.05, 4.69) is 26.0 Å². The van der Waals surface area contributed by atoms with Crippen LogP contribution in [0.25, 0.3) is 0 Å². The first-order chi connectivity index (χ1) is 4.33. The second kappa shape index (κ2) is 3.73. The fourth-order valence-corrected chi connectivity index (χ4v) is 1.87. The lowest BCUT2D eigenvalue weighted by Gasteiger charge is -2.26. The molecule has 0 aromatic heterocycles. The van der Waals surface area contributed by atoms with Gasteiger partial charge in [0.05, 0.1) is 6.10 Å². The van der Waals surface area contributed by atoms with Crippen LogP contribution in [0.4, 0.5) is 0 Å². The van der Waals surface area contributed by atoms with Gasteiger partial charge in [-0.25, -0.2) is 3.11 Å². The van der Waals surface area contributed by atoms with Gasteiger partial charge in [0.15, 0.2) is 0 Å². The van der Waals surface area contributed by atoms with E-state index in [9.17, 15) is 0 Å². The van der Waals surface area contributed by atoms with Crippen LogP contribution in [-0.4, -0.2) is 29.4 Å². The fraction of sp³-hybridized carbons (Fsp3) is 1.00. The molecule has 9 heavy (non-hydrogen) atoms. The van der Waals surface area contributed by atoms with Crippen molar-refractivity contribution >= 4 is 22.9 Å². The van der Waals surface area contributed by atoms with Crippen molar-refractivity contribution in [2.45, 2.75) is 18.9 Å². The molecule has 1 atom stereocenters. The highest BCUT2D eigenvalue weighted by Crippen LogP contribution is 2.14. The van der Waals surface area contributed by atoms with Gasteiger partial charge in [0.1, 0.15) is 0 Å². The summed E-state index contributed by atoms with van der Waals surface area (Å²) in [4.78, 5) is 0. The Morgan fingerprint density at radius 1 is 1.67 bits per heavy atom. The second-order valence-corrected chi connectivity index (χ2v) is 3.73. The molecule has 0 bridgehead atoms. The van der Waals surface area contributed by atoms with Crippen molar-refractivity contribution in [2.75, 3.05) is 20.2 Å². The molecule has 1 rings (SSSR count). The summed E-state index contributed by atoms with van der Waals surface area (Å²) in [6.45, 7) is 2.32. The highest BCUT2D eigenvalue weighted by atomic mass is 127. The average molecular weight is 241 g/mol. The quantitative estimate of drug-likeness (QED) is 0.509. The number of halogens is 1. The van der Waals surface area contributed by atoms with Crippen molar-refractivity contribution in [2.24, 2.45) is 0 Å². The molecule has 1 fully saturated rings. The van der Waals surface area contributed by atoms with Crippen LogP contribution in [0, 0.1) is 0 Å². The van der Waals surface area contributed by atoms with Crippen LogP contribution in [0.3, 0.4) is 0 Å². The van der Waals surface area contributed by atoms with Gasteiger partial charge >= 0.3 is 0 Å². The first-order valence-corrected chi connectivity index (χ1v) is 4.23. The zero-order valence-electron chi connectivity index (χ0n) is 5.64. The third-order valence-corrected chi connectivity index (χ3v) is 2.54. The lowest BCUT2D eigenvalue weighted by Crippen LogP contribution is -2.32. The molecule has 0 radical (unpaired) electrons. The maximum Gasteiger partial charge on any atom is 0.0706 e. The van der Waals surface area contributed by atoms with Crippen molar-refractivity contribution < 1.29 is 4.74 Å². The highest BCUT2D eigenvalue weighted by molar-refractivity contribution is 14.1. The molecule has 3 heteroatoms. The minimum absolute atomic E-state index is 0.482. The Labute approximate surface area is 70.0 Å². The van der Waals surface area contributed by atoms with E-state index in [1.54, 1.807) is 7.11 Å². The van der Waals surface area contributed by atoms with Gasteiger partial charge in [0.25, 0.3) is 0 Å². The molecule has 2 nitrogen and oxygen atoms in total. The molecule has 0 unspecified atom stereocenters. The van der Waals surface area contributed by atoms with Gasteiger partial charge in [0, 0.05) is 43.1 Å². The van der Waals surface area contributed by atoms with Gasteiger partial charge in [0.2, 0.25) is 0 Å². The molecule has 0 saturated carbocycles. The Balaban J connectivity index is 2.23. The number of hydrogen-bond acceptors (Lipinski definition) is 2. The Morgan fingerprint density at radius 3 is 2.89 bits per heavy atom. The minimum Gasteiger partial charge on any atom is -0.380 e. The van der Waals surface area contributed by atoms with Gasteiger partial charge in [-0.2, -0.15) is 0 Å².